The van der Waals surface area contributed by atoms with Gasteiger partial charge in [-0.1, -0.05) is 17.7 Å². The fourth-order valence-electron chi connectivity index (χ4n) is 3.82. The Balaban J connectivity index is 1.47. The first-order valence-electron chi connectivity index (χ1n) is 9.86. The van der Waals surface area contributed by atoms with Gasteiger partial charge in [0, 0.05) is 45.3 Å². The summed E-state index contributed by atoms with van der Waals surface area (Å²) in [5.41, 5.74) is 1.05. The maximum Gasteiger partial charge on any atom is 0.243 e. The lowest BCUT2D eigenvalue weighted by molar-refractivity contribution is 0.383. The molecule has 0 aliphatic carbocycles. The Labute approximate surface area is 167 Å². The summed E-state index contributed by atoms with van der Waals surface area (Å²) in [6, 6.07) is 9.10. The number of hydrogen-bond acceptors (Lipinski definition) is 6. The van der Waals surface area contributed by atoms with Gasteiger partial charge >= 0.3 is 0 Å². The standard InChI is InChI=1S/C20H27N5O2S/c1-16-5-7-18(8-6-16)28(26,27)25-13-11-24(12-14-25)20-15-19(21-17(2)22-20)23-9-3-4-10-23/h5-8,15H,3-4,9-14H2,1-2H3. The zero-order valence-corrected chi connectivity index (χ0v) is 17.3. The first-order valence-corrected chi connectivity index (χ1v) is 11.3. The summed E-state index contributed by atoms with van der Waals surface area (Å²) in [6.07, 6.45) is 2.40. The van der Waals surface area contributed by atoms with Crippen molar-refractivity contribution in [3.8, 4) is 0 Å². The van der Waals surface area contributed by atoms with Gasteiger partial charge in [0.05, 0.1) is 4.90 Å². The smallest absolute Gasteiger partial charge is 0.243 e. The van der Waals surface area contributed by atoms with E-state index in [9.17, 15) is 8.42 Å². The van der Waals surface area contributed by atoms with E-state index >= 15 is 0 Å². The second kappa shape index (κ2) is 7.67. The summed E-state index contributed by atoms with van der Waals surface area (Å²) < 4.78 is 27.4. The maximum absolute atomic E-state index is 12.9. The third kappa shape index (κ3) is 3.84. The number of sulfonamides is 1. The van der Waals surface area contributed by atoms with Crippen molar-refractivity contribution in [3.63, 3.8) is 0 Å². The highest BCUT2D eigenvalue weighted by Gasteiger charge is 2.29. The molecule has 1 aromatic carbocycles. The molecule has 8 heteroatoms. The molecule has 2 fully saturated rings. The summed E-state index contributed by atoms with van der Waals surface area (Å²) in [4.78, 5) is 14.0. The second-order valence-corrected chi connectivity index (χ2v) is 9.47. The SMILES string of the molecule is Cc1ccc(S(=O)(=O)N2CCN(c3cc(N4CCCC4)nc(C)n3)CC2)cc1. The lowest BCUT2D eigenvalue weighted by atomic mass is 10.2. The molecule has 2 saturated heterocycles. The summed E-state index contributed by atoms with van der Waals surface area (Å²) in [5, 5.41) is 0. The van der Waals surface area contributed by atoms with Gasteiger partial charge in [-0.2, -0.15) is 4.31 Å². The first kappa shape index (κ1) is 19.1. The Morgan fingerprint density at radius 2 is 1.32 bits per heavy atom. The van der Waals surface area contributed by atoms with Crippen molar-refractivity contribution < 1.29 is 8.42 Å². The van der Waals surface area contributed by atoms with Crippen molar-refractivity contribution in [2.45, 2.75) is 31.6 Å². The molecule has 2 aliphatic rings. The van der Waals surface area contributed by atoms with E-state index in [1.807, 2.05) is 32.0 Å². The van der Waals surface area contributed by atoms with Gasteiger partial charge in [0.1, 0.15) is 17.5 Å². The van der Waals surface area contributed by atoms with Crippen LogP contribution in [0.2, 0.25) is 0 Å². The van der Waals surface area contributed by atoms with Crippen LogP contribution in [0, 0.1) is 13.8 Å². The molecule has 3 heterocycles. The monoisotopic (exact) mass is 401 g/mol. The van der Waals surface area contributed by atoms with E-state index in [2.05, 4.69) is 19.8 Å². The molecule has 0 amide bonds. The van der Waals surface area contributed by atoms with Crippen molar-refractivity contribution in [1.29, 1.82) is 0 Å². The molecule has 0 N–H and O–H groups in total. The molecule has 0 saturated carbocycles. The van der Waals surface area contributed by atoms with E-state index < -0.39 is 10.0 Å². The Hall–Kier alpha value is -2.19. The average molecular weight is 402 g/mol. The first-order chi connectivity index (χ1) is 13.4. The van der Waals surface area contributed by atoms with Gasteiger partial charge in [-0.05, 0) is 38.8 Å². The highest BCUT2D eigenvalue weighted by atomic mass is 32.2. The van der Waals surface area contributed by atoms with Gasteiger partial charge in [0.15, 0.2) is 0 Å². The molecular formula is C20H27N5O2S. The third-order valence-corrected chi connectivity index (χ3v) is 7.38. The minimum atomic E-state index is -3.45. The maximum atomic E-state index is 12.9. The molecule has 0 spiro atoms. The highest BCUT2D eigenvalue weighted by molar-refractivity contribution is 7.89. The molecule has 150 valence electrons. The Bertz CT molecular complexity index is 932. The molecule has 1 aromatic heterocycles. The van der Waals surface area contributed by atoms with E-state index in [-0.39, 0.29) is 0 Å². The molecular weight excluding hydrogens is 374 g/mol. The quantitative estimate of drug-likeness (QED) is 0.782. The van der Waals surface area contributed by atoms with Crippen LogP contribution in [0.15, 0.2) is 35.2 Å². The van der Waals surface area contributed by atoms with Crippen molar-refractivity contribution in [2.24, 2.45) is 0 Å². The fourth-order valence-corrected chi connectivity index (χ4v) is 5.25. The summed E-state index contributed by atoms with van der Waals surface area (Å²) in [6.45, 7) is 8.12. The summed E-state index contributed by atoms with van der Waals surface area (Å²) in [7, 11) is -3.45. The van der Waals surface area contributed by atoms with Crippen LogP contribution in [0.25, 0.3) is 0 Å². The van der Waals surface area contributed by atoms with Gasteiger partial charge < -0.3 is 9.80 Å². The number of rotatable bonds is 4. The second-order valence-electron chi connectivity index (χ2n) is 7.53. The number of aryl methyl sites for hydroxylation is 2. The van der Waals surface area contributed by atoms with Crippen molar-refractivity contribution in [2.75, 3.05) is 49.1 Å². The number of benzene rings is 1. The highest BCUT2D eigenvalue weighted by Crippen LogP contribution is 2.25. The normalized spacial score (nSPS) is 18.6. The van der Waals surface area contributed by atoms with Crippen LogP contribution in [-0.2, 0) is 10.0 Å². The van der Waals surface area contributed by atoms with Crippen LogP contribution in [-0.4, -0.2) is 62.0 Å². The zero-order valence-electron chi connectivity index (χ0n) is 16.5. The van der Waals surface area contributed by atoms with Gasteiger partial charge in [-0.3, -0.25) is 0 Å². The predicted octanol–water partition coefficient (Wildman–Crippen LogP) is 2.20. The molecule has 0 unspecified atom stereocenters. The van der Waals surface area contributed by atoms with E-state index in [4.69, 9.17) is 0 Å². The van der Waals surface area contributed by atoms with Gasteiger partial charge in [-0.15, -0.1) is 0 Å². The minimum absolute atomic E-state index is 0.362. The van der Waals surface area contributed by atoms with E-state index in [0.717, 1.165) is 36.1 Å². The number of nitrogens with zero attached hydrogens (tertiary/aromatic N) is 5. The van der Waals surface area contributed by atoms with Crippen LogP contribution in [0.3, 0.4) is 0 Å². The molecule has 2 aromatic rings. The molecule has 28 heavy (non-hydrogen) atoms. The molecule has 0 atom stereocenters. The van der Waals surface area contributed by atoms with Crippen LogP contribution in [0.4, 0.5) is 11.6 Å². The van der Waals surface area contributed by atoms with Crippen LogP contribution >= 0.6 is 0 Å². The summed E-state index contributed by atoms with van der Waals surface area (Å²) in [5.74, 6) is 2.63. The third-order valence-electron chi connectivity index (χ3n) is 5.46. The number of piperazine rings is 1. The molecule has 4 rings (SSSR count). The van der Waals surface area contributed by atoms with Crippen LogP contribution in [0.1, 0.15) is 24.2 Å². The van der Waals surface area contributed by atoms with Gasteiger partial charge in [0.25, 0.3) is 0 Å². The molecule has 0 radical (unpaired) electrons. The van der Waals surface area contributed by atoms with Gasteiger partial charge in [0.2, 0.25) is 10.0 Å². The Morgan fingerprint density at radius 3 is 1.89 bits per heavy atom. The lowest BCUT2D eigenvalue weighted by Crippen LogP contribution is -2.49. The van der Waals surface area contributed by atoms with E-state index in [0.29, 0.717) is 31.1 Å². The number of aromatic nitrogens is 2. The molecule has 2 aliphatic heterocycles. The largest absolute Gasteiger partial charge is 0.356 e. The van der Waals surface area contributed by atoms with Crippen LogP contribution < -0.4 is 9.80 Å². The van der Waals surface area contributed by atoms with Crippen LogP contribution in [0.5, 0.6) is 0 Å². The van der Waals surface area contributed by atoms with E-state index in [1.54, 1.807) is 16.4 Å². The van der Waals surface area contributed by atoms with Crippen molar-refractivity contribution in [3.05, 3.63) is 41.7 Å². The zero-order chi connectivity index (χ0) is 19.7. The fraction of sp³-hybridized carbons (Fsp3) is 0.500. The Morgan fingerprint density at radius 1 is 0.786 bits per heavy atom. The summed E-state index contributed by atoms with van der Waals surface area (Å²) >= 11 is 0. The molecule has 7 nitrogen and oxygen atoms in total. The van der Waals surface area contributed by atoms with Gasteiger partial charge in [-0.25, -0.2) is 18.4 Å². The number of hydrogen-bond donors (Lipinski definition) is 0. The Kier molecular flexibility index (Phi) is 5.25. The predicted molar refractivity (Wildman–Crippen MR) is 110 cm³/mol. The van der Waals surface area contributed by atoms with E-state index in [1.165, 1.54) is 12.8 Å². The van der Waals surface area contributed by atoms with Crippen molar-refractivity contribution >= 4 is 21.7 Å². The minimum Gasteiger partial charge on any atom is -0.356 e. The lowest BCUT2D eigenvalue weighted by Gasteiger charge is -2.35. The molecule has 0 bridgehead atoms. The van der Waals surface area contributed by atoms with Crippen molar-refractivity contribution in [1.82, 2.24) is 14.3 Å². The average Bonchev–Trinajstić information content (AvgIpc) is 3.23. The number of anilines is 2. The topological polar surface area (TPSA) is 69.6 Å².